The lowest BCUT2D eigenvalue weighted by molar-refractivity contribution is 0.450. The number of hydrogen-bond acceptors (Lipinski definition) is 4. The monoisotopic (exact) mass is 259 g/mol. The van der Waals surface area contributed by atoms with Crippen LogP contribution in [0.5, 0.6) is 11.5 Å². The molecule has 3 nitrogen and oxygen atoms in total. The van der Waals surface area contributed by atoms with Crippen LogP contribution >= 0.6 is 12.6 Å². The van der Waals surface area contributed by atoms with Gasteiger partial charge in [0.1, 0.15) is 11.5 Å². The van der Waals surface area contributed by atoms with Crippen molar-refractivity contribution >= 4 is 24.0 Å². The lowest BCUT2D eigenvalue weighted by Crippen LogP contribution is -1.94. The van der Waals surface area contributed by atoms with Gasteiger partial charge in [-0.05, 0) is 31.2 Å². The summed E-state index contributed by atoms with van der Waals surface area (Å²) in [6.45, 7) is 1.80. The summed E-state index contributed by atoms with van der Waals surface area (Å²) in [5.41, 5.74) is 1.99. The third kappa shape index (κ3) is 2.65. The third-order valence-electron chi connectivity index (χ3n) is 2.54. The van der Waals surface area contributed by atoms with Gasteiger partial charge in [-0.3, -0.25) is 4.99 Å². The van der Waals surface area contributed by atoms with Crippen LogP contribution in [0.3, 0.4) is 0 Å². The second-order valence-corrected chi connectivity index (χ2v) is 4.37. The van der Waals surface area contributed by atoms with Crippen molar-refractivity contribution in [2.45, 2.75) is 11.8 Å². The number of rotatable bonds is 2. The van der Waals surface area contributed by atoms with E-state index in [4.69, 9.17) is 0 Å². The van der Waals surface area contributed by atoms with Crippen molar-refractivity contribution < 1.29 is 10.2 Å². The molecule has 0 atom stereocenters. The van der Waals surface area contributed by atoms with Crippen LogP contribution in [0.25, 0.3) is 0 Å². The van der Waals surface area contributed by atoms with Gasteiger partial charge in [-0.1, -0.05) is 12.1 Å². The van der Waals surface area contributed by atoms with Gasteiger partial charge in [0, 0.05) is 22.2 Å². The van der Waals surface area contributed by atoms with Crippen LogP contribution in [-0.4, -0.2) is 15.9 Å². The Bertz CT molecular complexity index is 608. The van der Waals surface area contributed by atoms with Crippen LogP contribution in [0.15, 0.2) is 52.4 Å². The number of hydrogen-bond donors (Lipinski definition) is 3. The number of thiol groups is 1. The SMILES string of the molecule is CC(=Nc1ccccc1S)c1ccc(O)cc1O. The molecule has 18 heavy (non-hydrogen) atoms. The molecule has 0 amide bonds. The lowest BCUT2D eigenvalue weighted by atomic mass is 10.1. The van der Waals surface area contributed by atoms with Gasteiger partial charge in [0.25, 0.3) is 0 Å². The van der Waals surface area contributed by atoms with E-state index in [-0.39, 0.29) is 11.5 Å². The maximum Gasteiger partial charge on any atom is 0.128 e. The highest BCUT2D eigenvalue weighted by Gasteiger charge is 2.06. The van der Waals surface area contributed by atoms with E-state index in [9.17, 15) is 10.2 Å². The topological polar surface area (TPSA) is 52.8 Å². The number of para-hydroxylation sites is 1. The number of benzene rings is 2. The van der Waals surface area contributed by atoms with Gasteiger partial charge in [0.2, 0.25) is 0 Å². The molecular weight excluding hydrogens is 246 g/mol. The van der Waals surface area contributed by atoms with E-state index in [1.807, 2.05) is 24.3 Å². The standard InChI is InChI=1S/C14H13NO2S/c1-9(11-7-6-10(16)8-13(11)17)15-12-4-2-3-5-14(12)18/h2-8,16-18H,1H3. The molecule has 0 saturated heterocycles. The van der Waals surface area contributed by atoms with E-state index in [1.54, 1.807) is 13.0 Å². The Kier molecular flexibility index (Phi) is 3.58. The molecule has 0 aliphatic heterocycles. The minimum atomic E-state index is 0.00731. The summed E-state index contributed by atoms with van der Waals surface area (Å²) in [7, 11) is 0. The Morgan fingerprint density at radius 3 is 2.50 bits per heavy atom. The van der Waals surface area contributed by atoms with Crippen molar-refractivity contribution in [3.05, 3.63) is 48.0 Å². The average molecular weight is 259 g/mol. The second-order valence-electron chi connectivity index (χ2n) is 3.89. The van der Waals surface area contributed by atoms with Crippen molar-refractivity contribution in [1.82, 2.24) is 0 Å². The Labute approximate surface area is 111 Å². The van der Waals surface area contributed by atoms with E-state index in [2.05, 4.69) is 17.6 Å². The lowest BCUT2D eigenvalue weighted by Gasteiger charge is -2.06. The fourth-order valence-electron chi connectivity index (χ4n) is 1.63. The molecule has 0 radical (unpaired) electrons. The highest BCUT2D eigenvalue weighted by molar-refractivity contribution is 7.80. The minimum absolute atomic E-state index is 0.00731. The summed E-state index contributed by atoms with van der Waals surface area (Å²) in [6, 6.07) is 11.9. The van der Waals surface area contributed by atoms with Gasteiger partial charge in [-0.25, -0.2) is 0 Å². The first kappa shape index (κ1) is 12.5. The number of aromatic hydroxyl groups is 2. The summed E-state index contributed by atoms with van der Waals surface area (Å²) in [5.74, 6) is 0.0338. The van der Waals surface area contributed by atoms with Crippen molar-refractivity contribution in [1.29, 1.82) is 0 Å². The number of aliphatic imine (C=N–C) groups is 1. The summed E-state index contributed by atoms with van der Waals surface area (Å²) < 4.78 is 0. The maximum atomic E-state index is 9.75. The van der Waals surface area contributed by atoms with Crippen molar-refractivity contribution in [2.75, 3.05) is 0 Å². The van der Waals surface area contributed by atoms with Gasteiger partial charge >= 0.3 is 0 Å². The zero-order chi connectivity index (χ0) is 13.1. The molecule has 2 aromatic carbocycles. The van der Waals surface area contributed by atoms with Crippen LogP contribution in [0.2, 0.25) is 0 Å². The van der Waals surface area contributed by atoms with Gasteiger partial charge < -0.3 is 10.2 Å². The molecule has 4 heteroatoms. The summed E-state index contributed by atoms with van der Waals surface area (Å²) in [6.07, 6.45) is 0. The first-order valence-electron chi connectivity index (χ1n) is 5.43. The van der Waals surface area contributed by atoms with Gasteiger partial charge in [-0.2, -0.15) is 0 Å². The molecule has 0 spiro atoms. The van der Waals surface area contributed by atoms with Gasteiger partial charge in [0.05, 0.1) is 5.69 Å². The molecule has 0 fully saturated rings. The zero-order valence-corrected chi connectivity index (χ0v) is 10.7. The molecule has 0 aromatic heterocycles. The average Bonchev–Trinajstić information content (AvgIpc) is 2.32. The van der Waals surface area contributed by atoms with Gasteiger partial charge in [-0.15, -0.1) is 12.6 Å². The quantitative estimate of drug-likeness (QED) is 0.571. The minimum Gasteiger partial charge on any atom is -0.508 e. The maximum absolute atomic E-state index is 9.75. The number of nitrogens with zero attached hydrogens (tertiary/aromatic N) is 1. The molecule has 0 heterocycles. The molecule has 2 aromatic rings. The van der Waals surface area contributed by atoms with E-state index in [1.165, 1.54) is 12.1 Å². The Morgan fingerprint density at radius 2 is 1.83 bits per heavy atom. The van der Waals surface area contributed by atoms with Crippen molar-refractivity contribution in [3.8, 4) is 11.5 Å². The number of phenolic OH excluding ortho intramolecular Hbond substituents is 2. The van der Waals surface area contributed by atoms with E-state index in [0.717, 1.165) is 10.6 Å². The molecule has 2 N–H and O–H groups in total. The van der Waals surface area contributed by atoms with Crippen LogP contribution in [0.1, 0.15) is 12.5 Å². The smallest absolute Gasteiger partial charge is 0.128 e. The zero-order valence-electron chi connectivity index (χ0n) is 9.83. The summed E-state index contributed by atoms with van der Waals surface area (Å²) >= 11 is 4.32. The fraction of sp³-hybridized carbons (Fsp3) is 0.0714. The van der Waals surface area contributed by atoms with Crippen LogP contribution < -0.4 is 0 Å². The Hall–Kier alpha value is -1.94. The van der Waals surface area contributed by atoms with E-state index in [0.29, 0.717) is 11.3 Å². The largest absolute Gasteiger partial charge is 0.508 e. The first-order chi connectivity index (χ1) is 8.58. The predicted molar refractivity (Wildman–Crippen MR) is 75.3 cm³/mol. The molecule has 0 aliphatic rings. The van der Waals surface area contributed by atoms with Gasteiger partial charge in [0.15, 0.2) is 0 Å². The van der Waals surface area contributed by atoms with Crippen LogP contribution in [0.4, 0.5) is 5.69 Å². The Morgan fingerprint density at radius 1 is 1.11 bits per heavy atom. The predicted octanol–water partition coefficient (Wildman–Crippen LogP) is 3.53. The van der Waals surface area contributed by atoms with E-state index >= 15 is 0 Å². The van der Waals surface area contributed by atoms with Crippen molar-refractivity contribution in [2.24, 2.45) is 4.99 Å². The first-order valence-corrected chi connectivity index (χ1v) is 5.88. The van der Waals surface area contributed by atoms with Crippen LogP contribution in [0, 0.1) is 0 Å². The van der Waals surface area contributed by atoms with E-state index < -0.39 is 0 Å². The second kappa shape index (κ2) is 5.14. The summed E-state index contributed by atoms with van der Waals surface area (Å²) in [5, 5.41) is 19.0. The molecule has 2 rings (SSSR count). The highest BCUT2D eigenvalue weighted by atomic mass is 32.1. The molecule has 92 valence electrons. The normalized spacial score (nSPS) is 11.6. The molecular formula is C14H13NO2S. The van der Waals surface area contributed by atoms with Crippen LogP contribution in [-0.2, 0) is 0 Å². The van der Waals surface area contributed by atoms with Crippen molar-refractivity contribution in [3.63, 3.8) is 0 Å². The third-order valence-corrected chi connectivity index (χ3v) is 2.92. The fourth-order valence-corrected chi connectivity index (χ4v) is 1.84. The summed E-state index contributed by atoms with van der Waals surface area (Å²) in [4.78, 5) is 5.19. The highest BCUT2D eigenvalue weighted by Crippen LogP contribution is 2.27. The molecule has 0 unspecified atom stereocenters. The Balaban J connectivity index is 2.42. The molecule has 0 bridgehead atoms. The molecule has 0 saturated carbocycles. The number of phenols is 2. The molecule has 0 aliphatic carbocycles.